The van der Waals surface area contributed by atoms with Gasteiger partial charge in [-0.15, -0.1) is 0 Å². The van der Waals surface area contributed by atoms with Crippen LogP contribution in [0.4, 0.5) is 0 Å². The van der Waals surface area contributed by atoms with Crippen molar-refractivity contribution in [2.24, 2.45) is 0 Å². The van der Waals surface area contributed by atoms with Crippen LogP contribution in [0.1, 0.15) is 49.5 Å². The Morgan fingerprint density at radius 1 is 1.29 bits per heavy atom. The summed E-state index contributed by atoms with van der Waals surface area (Å²) in [7, 11) is 0. The molecule has 0 bridgehead atoms. The van der Waals surface area contributed by atoms with Gasteiger partial charge < -0.3 is 0 Å². The third-order valence-electron chi connectivity index (χ3n) is 2.56. The predicted octanol–water partition coefficient (Wildman–Crippen LogP) is 3.66. The fourth-order valence-corrected chi connectivity index (χ4v) is 1.64. The number of benzene rings is 1. The second kappa shape index (κ2) is 5.82. The highest BCUT2D eigenvalue weighted by molar-refractivity contribution is 5.90. The molecule has 3 nitrogen and oxygen atoms in total. The van der Waals surface area contributed by atoms with Crippen LogP contribution in [0.15, 0.2) is 24.3 Å². The first-order valence-corrected chi connectivity index (χ1v) is 5.92. The van der Waals surface area contributed by atoms with Crippen molar-refractivity contribution in [3.05, 3.63) is 35.4 Å². The average molecular weight is 236 g/mol. The summed E-state index contributed by atoms with van der Waals surface area (Å²) >= 11 is 0. The Hall–Kier alpha value is -1.35. The van der Waals surface area contributed by atoms with Gasteiger partial charge in [0.15, 0.2) is 0 Å². The van der Waals surface area contributed by atoms with E-state index in [-0.39, 0.29) is 0 Å². The zero-order valence-electron chi connectivity index (χ0n) is 10.9. The van der Waals surface area contributed by atoms with Crippen molar-refractivity contribution in [2.75, 3.05) is 0 Å². The van der Waals surface area contributed by atoms with Gasteiger partial charge in [0.2, 0.25) is 0 Å². The van der Waals surface area contributed by atoms with Crippen molar-refractivity contribution < 1.29 is 14.6 Å². The zero-order valence-corrected chi connectivity index (χ0v) is 10.9. The number of carbonyl (C=O) groups excluding carboxylic acids is 1. The molecule has 17 heavy (non-hydrogen) atoms. The second-order valence-electron chi connectivity index (χ2n) is 4.78. The summed E-state index contributed by atoms with van der Waals surface area (Å²) in [4.78, 5) is 21.8. The SMILES string of the molecule is CCCC(C)(C)OOC(=O)c1ccccc1C. The van der Waals surface area contributed by atoms with E-state index in [1.165, 1.54) is 0 Å². The lowest BCUT2D eigenvalue weighted by molar-refractivity contribution is -0.308. The molecular formula is C14H20O3. The quantitative estimate of drug-likeness (QED) is 0.578. The Kier molecular flexibility index (Phi) is 4.70. The van der Waals surface area contributed by atoms with E-state index in [9.17, 15) is 4.79 Å². The van der Waals surface area contributed by atoms with E-state index in [2.05, 4.69) is 6.92 Å². The van der Waals surface area contributed by atoms with Crippen LogP contribution in [0.5, 0.6) is 0 Å². The van der Waals surface area contributed by atoms with Gasteiger partial charge in [-0.3, -0.25) is 4.89 Å². The van der Waals surface area contributed by atoms with Crippen molar-refractivity contribution in [1.29, 1.82) is 0 Å². The van der Waals surface area contributed by atoms with Crippen molar-refractivity contribution in [3.8, 4) is 0 Å². The molecule has 0 heterocycles. The van der Waals surface area contributed by atoms with Crippen LogP contribution in [0.3, 0.4) is 0 Å². The molecule has 0 spiro atoms. The third-order valence-corrected chi connectivity index (χ3v) is 2.56. The molecule has 1 aromatic carbocycles. The van der Waals surface area contributed by atoms with Crippen LogP contribution >= 0.6 is 0 Å². The lowest BCUT2D eigenvalue weighted by Crippen LogP contribution is -2.26. The van der Waals surface area contributed by atoms with Crippen molar-refractivity contribution in [2.45, 2.75) is 46.1 Å². The number of carbonyl (C=O) groups is 1. The van der Waals surface area contributed by atoms with Crippen molar-refractivity contribution in [3.63, 3.8) is 0 Å². The molecule has 0 aliphatic carbocycles. The summed E-state index contributed by atoms with van der Waals surface area (Å²) in [6.07, 6.45) is 1.82. The fraction of sp³-hybridized carbons (Fsp3) is 0.500. The van der Waals surface area contributed by atoms with E-state index in [0.29, 0.717) is 5.56 Å². The molecule has 0 aliphatic rings. The molecule has 0 radical (unpaired) electrons. The first-order chi connectivity index (χ1) is 7.96. The zero-order chi connectivity index (χ0) is 12.9. The van der Waals surface area contributed by atoms with E-state index < -0.39 is 11.6 Å². The van der Waals surface area contributed by atoms with Crippen molar-refractivity contribution >= 4 is 5.97 Å². The molecule has 0 unspecified atom stereocenters. The molecule has 0 amide bonds. The Morgan fingerprint density at radius 2 is 1.94 bits per heavy atom. The Labute approximate surface area is 103 Å². The van der Waals surface area contributed by atoms with Crippen LogP contribution in [0, 0.1) is 6.92 Å². The largest absolute Gasteiger partial charge is 0.373 e. The average Bonchev–Trinajstić information content (AvgIpc) is 2.27. The van der Waals surface area contributed by atoms with Gasteiger partial charge in [0.25, 0.3) is 0 Å². The van der Waals surface area contributed by atoms with E-state index in [0.717, 1.165) is 18.4 Å². The highest BCUT2D eigenvalue weighted by atomic mass is 17.2. The highest BCUT2D eigenvalue weighted by Crippen LogP contribution is 2.18. The van der Waals surface area contributed by atoms with E-state index >= 15 is 0 Å². The van der Waals surface area contributed by atoms with Crippen LogP contribution < -0.4 is 0 Å². The number of hydrogen-bond acceptors (Lipinski definition) is 3. The third kappa shape index (κ3) is 4.19. The molecule has 0 atom stereocenters. The van der Waals surface area contributed by atoms with Gasteiger partial charge in [-0.1, -0.05) is 31.5 Å². The standard InChI is InChI=1S/C14H20O3/c1-5-10-14(3,4)17-16-13(15)12-9-7-6-8-11(12)2/h6-9H,5,10H2,1-4H3. The summed E-state index contributed by atoms with van der Waals surface area (Å²) in [5.74, 6) is -0.438. The second-order valence-corrected chi connectivity index (χ2v) is 4.78. The van der Waals surface area contributed by atoms with Crippen molar-refractivity contribution in [1.82, 2.24) is 0 Å². The van der Waals surface area contributed by atoms with E-state index in [1.54, 1.807) is 12.1 Å². The molecule has 0 saturated carbocycles. The van der Waals surface area contributed by atoms with E-state index in [4.69, 9.17) is 9.78 Å². The normalized spacial score (nSPS) is 11.3. The summed E-state index contributed by atoms with van der Waals surface area (Å²) in [6.45, 7) is 7.74. The molecule has 0 fully saturated rings. The summed E-state index contributed by atoms with van der Waals surface area (Å²) < 4.78 is 0. The molecule has 94 valence electrons. The van der Waals surface area contributed by atoms with Gasteiger partial charge >= 0.3 is 5.97 Å². The minimum atomic E-state index is -0.438. The summed E-state index contributed by atoms with van der Waals surface area (Å²) in [5, 5.41) is 0. The summed E-state index contributed by atoms with van der Waals surface area (Å²) in [6, 6.07) is 7.29. The van der Waals surface area contributed by atoms with Gasteiger partial charge in [0.1, 0.15) is 5.60 Å². The fourth-order valence-electron chi connectivity index (χ4n) is 1.64. The molecule has 0 saturated heterocycles. The summed E-state index contributed by atoms with van der Waals surface area (Å²) in [5.41, 5.74) is 0.988. The maximum Gasteiger partial charge on any atom is 0.373 e. The van der Waals surface area contributed by atoms with Gasteiger partial charge in [-0.25, -0.2) is 4.79 Å². The minimum absolute atomic E-state index is 0.437. The maximum absolute atomic E-state index is 11.8. The molecule has 0 aliphatic heterocycles. The molecular weight excluding hydrogens is 216 g/mol. The monoisotopic (exact) mass is 236 g/mol. The lowest BCUT2D eigenvalue weighted by atomic mass is 10.0. The molecule has 3 heteroatoms. The lowest BCUT2D eigenvalue weighted by Gasteiger charge is -2.21. The molecule has 1 aromatic rings. The Balaban J connectivity index is 2.59. The first-order valence-electron chi connectivity index (χ1n) is 5.92. The predicted molar refractivity (Wildman–Crippen MR) is 66.7 cm³/mol. The Bertz CT molecular complexity index is 383. The van der Waals surface area contributed by atoms with Crippen LogP contribution in [-0.2, 0) is 9.78 Å². The van der Waals surface area contributed by atoms with Gasteiger partial charge in [0, 0.05) is 0 Å². The molecule has 1 rings (SSSR count). The first kappa shape index (κ1) is 13.7. The Morgan fingerprint density at radius 3 is 2.53 bits per heavy atom. The molecule has 0 N–H and O–H groups in total. The van der Waals surface area contributed by atoms with Gasteiger partial charge in [-0.05, 0) is 38.8 Å². The maximum atomic E-state index is 11.8. The van der Waals surface area contributed by atoms with Crippen LogP contribution in [0.2, 0.25) is 0 Å². The smallest absolute Gasteiger partial charge is 0.292 e. The highest BCUT2D eigenvalue weighted by Gasteiger charge is 2.22. The van der Waals surface area contributed by atoms with Gasteiger partial charge in [0.05, 0.1) is 5.56 Å². The van der Waals surface area contributed by atoms with E-state index in [1.807, 2.05) is 32.9 Å². The van der Waals surface area contributed by atoms with Crippen LogP contribution in [-0.4, -0.2) is 11.6 Å². The number of hydrogen-bond donors (Lipinski definition) is 0. The number of aryl methyl sites for hydroxylation is 1. The van der Waals surface area contributed by atoms with Crippen LogP contribution in [0.25, 0.3) is 0 Å². The van der Waals surface area contributed by atoms with Gasteiger partial charge in [-0.2, -0.15) is 4.89 Å². The number of rotatable bonds is 5. The topological polar surface area (TPSA) is 35.5 Å². The molecule has 0 aromatic heterocycles. The minimum Gasteiger partial charge on any atom is -0.292 e.